The van der Waals surface area contributed by atoms with Crippen molar-refractivity contribution in [3.05, 3.63) is 0 Å². The summed E-state index contributed by atoms with van der Waals surface area (Å²) in [6.07, 6.45) is 3.55. The van der Waals surface area contributed by atoms with E-state index in [2.05, 4.69) is 12.2 Å². The zero-order chi connectivity index (χ0) is 14.9. The van der Waals surface area contributed by atoms with Gasteiger partial charge in [-0.1, -0.05) is 13.3 Å². The van der Waals surface area contributed by atoms with Crippen LogP contribution < -0.4 is 5.32 Å². The van der Waals surface area contributed by atoms with Gasteiger partial charge >= 0.3 is 5.97 Å². The Morgan fingerprint density at radius 2 is 2.15 bits per heavy atom. The molecule has 0 bridgehead atoms. The van der Waals surface area contributed by atoms with Gasteiger partial charge in [0.25, 0.3) is 0 Å². The van der Waals surface area contributed by atoms with Crippen molar-refractivity contribution in [3.8, 4) is 0 Å². The van der Waals surface area contributed by atoms with Crippen molar-refractivity contribution < 1.29 is 17.9 Å². The summed E-state index contributed by atoms with van der Waals surface area (Å²) < 4.78 is 29.9. The lowest BCUT2D eigenvalue weighted by atomic mass is 9.90. The van der Waals surface area contributed by atoms with Gasteiger partial charge in [0.05, 0.1) is 6.26 Å². The quantitative estimate of drug-likeness (QED) is 0.758. The number of cyclic esters (lactones) is 1. The van der Waals surface area contributed by atoms with E-state index < -0.39 is 10.0 Å². The van der Waals surface area contributed by atoms with Gasteiger partial charge in [-0.25, -0.2) is 12.7 Å². The lowest BCUT2D eigenvalue weighted by Crippen LogP contribution is -2.53. The molecule has 0 aliphatic carbocycles. The van der Waals surface area contributed by atoms with E-state index in [1.165, 1.54) is 10.6 Å². The molecule has 0 saturated carbocycles. The minimum absolute atomic E-state index is 0.0313. The van der Waals surface area contributed by atoms with Crippen molar-refractivity contribution in [3.63, 3.8) is 0 Å². The standard InChI is InChI=1S/C13H24N2O4S/c1-4-10-8-15(20(3,17)18)6-5-11(10)14-12-7-9(2)19-13(12)16/h9-12,14H,4-8H2,1-3H3/t9-,10+,11-,12+/m0/s1. The third-order valence-electron chi connectivity index (χ3n) is 4.27. The third kappa shape index (κ3) is 3.51. The summed E-state index contributed by atoms with van der Waals surface area (Å²) in [6, 6.07) is -0.0605. The number of nitrogens with zero attached hydrogens (tertiary/aromatic N) is 1. The number of carbonyl (C=O) groups excluding carboxylic acids is 1. The number of carbonyl (C=O) groups is 1. The second-order valence-electron chi connectivity index (χ2n) is 5.89. The molecule has 2 rings (SSSR count). The molecule has 2 fully saturated rings. The van der Waals surface area contributed by atoms with E-state index in [-0.39, 0.29) is 30.1 Å². The third-order valence-corrected chi connectivity index (χ3v) is 5.54. The van der Waals surface area contributed by atoms with Crippen LogP contribution in [0.2, 0.25) is 0 Å². The maximum Gasteiger partial charge on any atom is 0.323 e. The van der Waals surface area contributed by atoms with Gasteiger partial charge in [0.1, 0.15) is 12.1 Å². The normalized spacial score (nSPS) is 36.0. The average molecular weight is 304 g/mol. The lowest BCUT2D eigenvalue weighted by Gasteiger charge is -2.38. The average Bonchev–Trinajstić information content (AvgIpc) is 2.67. The van der Waals surface area contributed by atoms with Gasteiger partial charge in [-0.2, -0.15) is 0 Å². The molecule has 0 amide bonds. The molecule has 20 heavy (non-hydrogen) atoms. The topological polar surface area (TPSA) is 75.7 Å². The molecule has 7 heteroatoms. The van der Waals surface area contributed by atoms with Crippen LogP contribution in [0.25, 0.3) is 0 Å². The molecule has 0 aromatic rings. The number of hydrogen-bond acceptors (Lipinski definition) is 5. The van der Waals surface area contributed by atoms with Crippen LogP contribution in [0.4, 0.5) is 0 Å². The van der Waals surface area contributed by atoms with Gasteiger partial charge < -0.3 is 10.1 Å². The van der Waals surface area contributed by atoms with Gasteiger partial charge in [-0.05, 0) is 19.3 Å². The van der Waals surface area contributed by atoms with Crippen LogP contribution in [0.3, 0.4) is 0 Å². The smallest absolute Gasteiger partial charge is 0.323 e. The highest BCUT2D eigenvalue weighted by molar-refractivity contribution is 7.88. The summed E-state index contributed by atoms with van der Waals surface area (Å²) in [4.78, 5) is 11.7. The van der Waals surface area contributed by atoms with E-state index in [1.807, 2.05) is 6.92 Å². The van der Waals surface area contributed by atoms with Crippen molar-refractivity contribution >= 4 is 16.0 Å². The highest BCUT2D eigenvalue weighted by atomic mass is 32.2. The molecule has 2 saturated heterocycles. The first-order valence-corrected chi connectivity index (χ1v) is 9.07. The minimum atomic E-state index is -3.13. The van der Waals surface area contributed by atoms with E-state index in [0.29, 0.717) is 19.5 Å². The minimum Gasteiger partial charge on any atom is -0.461 e. The van der Waals surface area contributed by atoms with E-state index in [1.54, 1.807) is 0 Å². The van der Waals surface area contributed by atoms with E-state index >= 15 is 0 Å². The zero-order valence-electron chi connectivity index (χ0n) is 12.3. The molecule has 2 aliphatic rings. The van der Waals surface area contributed by atoms with Gasteiger partial charge in [0, 0.05) is 25.6 Å². The zero-order valence-corrected chi connectivity index (χ0v) is 13.1. The van der Waals surface area contributed by atoms with Crippen LogP contribution in [0, 0.1) is 5.92 Å². The van der Waals surface area contributed by atoms with Gasteiger partial charge in [0.2, 0.25) is 10.0 Å². The summed E-state index contributed by atoms with van der Waals surface area (Å²) in [5.74, 6) is 0.0556. The number of rotatable bonds is 4. The molecule has 0 radical (unpaired) electrons. The summed E-state index contributed by atoms with van der Waals surface area (Å²) >= 11 is 0. The van der Waals surface area contributed by atoms with E-state index in [9.17, 15) is 13.2 Å². The second kappa shape index (κ2) is 5.99. The van der Waals surface area contributed by atoms with Gasteiger partial charge in [-0.15, -0.1) is 0 Å². The Labute approximate surface area is 120 Å². The van der Waals surface area contributed by atoms with Crippen LogP contribution in [-0.4, -0.2) is 56.2 Å². The van der Waals surface area contributed by atoms with Crippen molar-refractivity contribution in [1.29, 1.82) is 0 Å². The maximum atomic E-state index is 11.7. The summed E-state index contributed by atoms with van der Waals surface area (Å²) in [6.45, 7) is 5.00. The summed E-state index contributed by atoms with van der Waals surface area (Å²) in [5.41, 5.74) is 0. The number of sulfonamides is 1. The number of hydrogen-bond donors (Lipinski definition) is 1. The molecule has 1 N–H and O–H groups in total. The van der Waals surface area contributed by atoms with Gasteiger partial charge in [0.15, 0.2) is 0 Å². The highest BCUT2D eigenvalue weighted by Gasteiger charge is 2.38. The first-order chi connectivity index (χ1) is 9.31. The lowest BCUT2D eigenvalue weighted by molar-refractivity contribution is -0.142. The highest BCUT2D eigenvalue weighted by Crippen LogP contribution is 2.24. The molecular weight excluding hydrogens is 280 g/mol. The largest absolute Gasteiger partial charge is 0.461 e. The monoisotopic (exact) mass is 304 g/mol. The van der Waals surface area contributed by atoms with Crippen molar-refractivity contribution in [2.24, 2.45) is 5.92 Å². The number of ether oxygens (including phenoxy) is 1. The van der Waals surface area contributed by atoms with Crippen molar-refractivity contribution in [2.45, 2.75) is 51.3 Å². The van der Waals surface area contributed by atoms with Crippen LogP contribution in [-0.2, 0) is 19.6 Å². The number of esters is 1. The fourth-order valence-corrected chi connectivity index (χ4v) is 3.98. The Morgan fingerprint density at radius 1 is 1.45 bits per heavy atom. The predicted octanol–water partition coefficient (Wildman–Crippen LogP) is 0.340. The molecule has 0 unspecified atom stereocenters. The van der Waals surface area contributed by atoms with Crippen LogP contribution >= 0.6 is 0 Å². The fourth-order valence-electron chi connectivity index (χ4n) is 3.08. The van der Waals surface area contributed by atoms with E-state index in [0.717, 1.165) is 12.8 Å². The Bertz CT molecular complexity index is 465. The Hall–Kier alpha value is -0.660. The predicted molar refractivity (Wildman–Crippen MR) is 75.7 cm³/mol. The molecule has 2 aliphatic heterocycles. The molecule has 0 aromatic heterocycles. The van der Waals surface area contributed by atoms with Crippen LogP contribution in [0.1, 0.15) is 33.1 Å². The Balaban J connectivity index is 1.98. The molecule has 0 spiro atoms. The van der Waals surface area contributed by atoms with Crippen molar-refractivity contribution in [1.82, 2.24) is 9.62 Å². The Kier molecular flexibility index (Phi) is 4.71. The Morgan fingerprint density at radius 3 is 2.65 bits per heavy atom. The first-order valence-electron chi connectivity index (χ1n) is 7.23. The number of piperidine rings is 1. The summed E-state index contributed by atoms with van der Waals surface area (Å²) in [7, 11) is -3.13. The molecular formula is C13H24N2O4S. The van der Waals surface area contributed by atoms with Crippen molar-refractivity contribution in [2.75, 3.05) is 19.3 Å². The number of nitrogens with one attached hydrogen (secondary N) is 1. The van der Waals surface area contributed by atoms with Gasteiger partial charge in [-0.3, -0.25) is 4.79 Å². The second-order valence-corrected chi connectivity index (χ2v) is 7.87. The van der Waals surface area contributed by atoms with Crippen LogP contribution in [0.5, 0.6) is 0 Å². The fraction of sp³-hybridized carbons (Fsp3) is 0.923. The molecule has 116 valence electrons. The first kappa shape index (κ1) is 15.7. The summed E-state index contributed by atoms with van der Waals surface area (Å²) in [5, 5.41) is 3.37. The maximum absolute atomic E-state index is 11.7. The SMILES string of the molecule is CC[C@@H]1CN(S(C)(=O)=O)CC[C@@H]1N[C@@H]1C[C@H](C)OC1=O. The molecule has 4 atom stereocenters. The molecule has 2 heterocycles. The van der Waals surface area contributed by atoms with Crippen LogP contribution in [0.15, 0.2) is 0 Å². The molecule has 6 nitrogen and oxygen atoms in total. The van der Waals surface area contributed by atoms with E-state index in [4.69, 9.17) is 4.74 Å². The molecule has 0 aromatic carbocycles.